The first-order valence-corrected chi connectivity index (χ1v) is 7.83. The van der Waals surface area contributed by atoms with Gasteiger partial charge in [-0.3, -0.25) is 4.79 Å². The number of aromatic nitrogens is 2. The molecule has 0 amide bonds. The third-order valence-corrected chi connectivity index (χ3v) is 4.02. The van der Waals surface area contributed by atoms with Crippen LogP contribution in [0.1, 0.15) is 26.7 Å². The molecule has 0 fully saturated rings. The van der Waals surface area contributed by atoms with Gasteiger partial charge in [-0.25, -0.2) is 4.98 Å². The summed E-state index contributed by atoms with van der Waals surface area (Å²) in [6.07, 6.45) is 3.29. The molecule has 0 radical (unpaired) electrons. The van der Waals surface area contributed by atoms with E-state index in [0.29, 0.717) is 6.61 Å². The van der Waals surface area contributed by atoms with Crippen molar-refractivity contribution in [2.45, 2.75) is 37.1 Å². The van der Waals surface area contributed by atoms with Crippen LogP contribution in [0, 0.1) is 0 Å². The summed E-state index contributed by atoms with van der Waals surface area (Å²) in [4.78, 5) is 15.8. The lowest BCUT2D eigenvalue weighted by Gasteiger charge is -2.16. The van der Waals surface area contributed by atoms with E-state index >= 15 is 0 Å². The summed E-state index contributed by atoms with van der Waals surface area (Å²) < 4.78 is 9.93. The van der Waals surface area contributed by atoms with E-state index in [1.165, 1.54) is 11.5 Å². The fourth-order valence-corrected chi connectivity index (χ4v) is 2.87. The first-order chi connectivity index (χ1) is 8.77. The summed E-state index contributed by atoms with van der Waals surface area (Å²) in [5, 5.41) is 3.21. The van der Waals surface area contributed by atoms with Crippen molar-refractivity contribution in [3.05, 3.63) is 6.33 Å². The second-order valence-electron chi connectivity index (χ2n) is 3.60. The van der Waals surface area contributed by atoms with Gasteiger partial charge in [0, 0.05) is 5.75 Å². The molecule has 1 aromatic heterocycles. The summed E-state index contributed by atoms with van der Waals surface area (Å²) in [7, 11) is 0. The Morgan fingerprint density at radius 2 is 2.44 bits per heavy atom. The third-order valence-electron chi connectivity index (χ3n) is 2.18. The van der Waals surface area contributed by atoms with Crippen LogP contribution in [-0.2, 0) is 9.53 Å². The highest BCUT2D eigenvalue weighted by Crippen LogP contribution is 2.19. The van der Waals surface area contributed by atoms with E-state index in [1.54, 1.807) is 18.1 Å². The van der Waals surface area contributed by atoms with Crippen LogP contribution in [0.2, 0.25) is 0 Å². The standard InChI is InChI=1S/C11H19N3O2S2/c1-3-6-12-9(10(15)16-4-2)5-7-17-11-13-8-14-18-11/h8-9,12H,3-7H2,1-2H3. The molecule has 1 N–H and O–H groups in total. The van der Waals surface area contributed by atoms with Crippen molar-refractivity contribution in [1.29, 1.82) is 0 Å². The van der Waals surface area contributed by atoms with Crippen molar-refractivity contribution in [3.8, 4) is 0 Å². The molecule has 1 unspecified atom stereocenters. The fraction of sp³-hybridized carbons (Fsp3) is 0.727. The summed E-state index contributed by atoms with van der Waals surface area (Å²) in [5.41, 5.74) is 0. The Morgan fingerprint density at radius 3 is 3.06 bits per heavy atom. The maximum atomic E-state index is 11.7. The minimum Gasteiger partial charge on any atom is -0.465 e. The Labute approximate surface area is 116 Å². The van der Waals surface area contributed by atoms with Gasteiger partial charge in [0.1, 0.15) is 12.4 Å². The Balaban J connectivity index is 2.32. The van der Waals surface area contributed by atoms with Crippen LogP contribution in [0.15, 0.2) is 10.7 Å². The van der Waals surface area contributed by atoms with Crippen molar-refractivity contribution in [2.24, 2.45) is 0 Å². The average Bonchev–Trinajstić information content (AvgIpc) is 2.86. The lowest BCUT2D eigenvalue weighted by molar-refractivity contribution is -0.145. The molecule has 0 saturated carbocycles. The summed E-state index contributed by atoms with van der Waals surface area (Å²) in [5.74, 6) is 0.666. The molecule has 1 heterocycles. The lowest BCUT2D eigenvalue weighted by Crippen LogP contribution is -2.39. The number of carbonyl (C=O) groups excluding carboxylic acids is 1. The minimum absolute atomic E-state index is 0.163. The normalized spacial score (nSPS) is 12.3. The molecule has 5 nitrogen and oxygen atoms in total. The predicted molar refractivity (Wildman–Crippen MR) is 74.0 cm³/mol. The van der Waals surface area contributed by atoms with Gasteiger partial charge in [0.15, 0.2) is 4.34 Å². The van der Waals surface area contributed by atoms with Crippen molar-refractivity contribution < 1.29 is 9.53 Å². The van der Waals surface area contributed by atoms with Crippen LogP contribution in [0.25, 0.3) is 0 Å². The van der Waals surface area contributed by atoms with E-state index < -0.39 is 0 Å². The zero-order valence-electron chi connectivity index (χ0n) is 10.7. The highest BCUT2D eigenvalue weighted by atomic mass is 32.2. The number of carbonyl (C=O) groups is 1. The third kappa shape index (κ3) is 5.79. The molecular formula is C11H19N3O2S2. The smallest absolute Gasteiger partial charge is 0.323 e. The number of esters is 1. The van der Waals surface area contributed by atoms with Crippen LogP contribution >= 0.6 is 23.3 Å². The topological polar surface area (TPSA) is 64.1 Å². The summed E-state index contributed by atoms with van der Waals surface area (Å²) in [6, 6.07) is -0.217. The van der Waals surface area contributed by atoms with Crippen LogP contribution in [0.5, 0.6) is 0 Å². The van der Waals surface area contributed by atoms with Crippen molar-refractivity contribution in [2.75, 3.05) is 18.9 Å². The maximum absolute atomic E-state index is 11.7. The van der Waals surface area contributed by atoms with Crippen molar-refractivity contribution in [1.82, 2.24) is 14.7 Å². The Bertz CT molecular complexity index is 333. The molecule has 0 spiro atoms. The summed E-state index contributed by atoms with van der Waals surface area (Å²) in [6.45, 7) is 5.15. The molecular weight excluding hydrogens is 270 g/mol. The van der Waals surface area contributed by atoms with Gasteiger partial charge in [-0.2, -0.15) is 4.37 Å². The molecule has 1 aromatic rings. The van der Waals surface area contributed by atoms with Crippen molar-refractivity contribution >= 4 is 29.3 Å². The van der Waals surface area contributed by atoms with E-state index in [-0.39, 0.29) is 12.0 Å². The first kappa shape index (κ1) is 15.4. The second-order valence-corrected chi connectivity index (χ2v) is 5.73. The minimum atomic E-state index is -0.217. The van der Waals surface area contributed by atoms with Gasteiger partial charge in [-0.05, 0) is 37.8 Å². The number of rotatable bonds is 9. The number of ether oxygens (including phenoxy) is 1. The molecule has 0 aliphatic heterocycles. The first-order valence-electron chi connectivity index (χ1n) is 6.07. The Kier molecular flexibility index (Phi) is 7.95. The molecule has 0 saturated heterocycles. The molecule has 7 heteroatoms. The molecule has 0 bridgehead atoms. The van der Waals surface area contributed by atoms with E-state index in [1.807, 2.05) is 6.92 Å². The average molecular weight is 289 g/mol. The molecule has 0 aliphatic carbocycles. The lowest BCUT2D eigenvalue weighted by atomic mass is 10.2. The van der Waals surface area contributed by atoms with Gasteiger partial charge in [0.05, 0.1) is 6.61 Å². The van der Waals surface area contributed by atoms with E-state index in [9.17, 15) is 4.79 Å². The highest BCUT2D eigenvalue weighted by Gasteiger charge is 2.18. The molecule has 0 aromatic carbocycles. The number of nitrogens with zero attached hydrogens (tertiary/aromatic N) is 2. The predicted octanol–water partition coefficient (Wildman–Crippen LogP) is 1.95. The van der Waals surface area contributed by atoms with E-state index in [4.69, 9.17) is 4.74 Å². The van der Waals surface area contributed by atoms with Gasteiger partial charge in [-0.1, -0.05) is 18.7 Å². The number of hydrogen-bond donors (Lipinski definition) is 1. The van der Waals surface area contributed by atoms with Crippen LogP contribution in [0.3, 0.4) is 0 Å². The van der Waals surface area contributed by atoms with Gasteiger partial charge in [0.2, 0.25) is 0 Å². The largest absolute Gasteiger partial charge is 0.465 e. The zero-order chi connectivity index (χ0) is 13.2. The van der Waals surface area contributed by atoms with Gasteiger partial charge in [-0.15, -0.1) is 0 Å². The van der Waals surface area contributed by atoms with E-state index in [0.717, 1.165) is 29.5 Å². The Hall–Kier alpha value is -0.660. The van der Waals surface area contributed by atoms with E-state index in [2.05, 4.69) is 21.6 Å². The molecule has 1 rings (SSSR count). The zero-order valence-corrected chi connectivity index (χ0v) is 12.4. The molecule has 18 heavy (non-hydrogen) atoms. The van der Waals surface area contributed by atoms with Crippen LogP contribution in [-0.4, -0.2) is 40.3 Å². The highest BCUT2D eigenvalue weighted by molar-refractivity contribution is 8.00. The van der Waals surface area contributed by atoms with Crippen LogP contribution < -0.4 is 5.32 Å². The SMILES string of the molecule is CCCNC(CCSc1ncns1)C(=O)OCC. The molecule has 0 aliphatic rings. The molecule has 1 atom stereocenters. The Morgan fingerprint density at radius 1 is 1.61 bits per heavy atom. The number of hydrogen-bond acceptors (Lipinski definition) is 7. The van der Waals surface area contributed by atoms with Crippen LogP contribution in [0.4, 0.5) is 0 Å². The van der Waals surface area contributed by atoms with Crippen molar-refractivity contribution in [3.63, 3.8) is 0 Å². The molecule has 102 valence electrons. The second kappa shape index (κ2) is 9.29. The van der Waals surface area contributed by atoms with Gasteiger partial charge in [0.25, 0.3) is 0 Å². The van der Waals surface area contributed by atoms with Gasteiger partial charge >= 0.3 is 5.97 Å². The fourth-order valence-electron chi connectivity index (χ4n) is 1.36. The summed E-state index contributed by atoms with van der Waals surface area (Å²) >= 11 is 3.00. The number of thioether (sulfide) groups is 1. The maximum Gasteiger partial charge on any atom is 0.323 e. The quantitative estimate of drug-likeness (QED) is 0.554. The number of nitrogens with one attached hydrogen (secondary N) is 1. The monoisotopic (exact) mass is 289 g/mol. The van der Waals surface area contributed by atoms with Gasteiger partial charge < -0.3 is 10.1 Å².